The third kappa shape index (κ3) is 5.20. The number of ether oxygens (including phenoxy) is 1. The van der Waals surface area contributed by atoms with Gasteiger partial charge in [0, 0.05) is 5.69 Å². The van der Waals surface area contributed by atoms with Crippen LogP contribution in [0.1, 0.15) is 12.0 Å². The number of hydrogen-bond acceptors (Lipinski definition) is 5. The van der Waals surface area contributed by atoms with Gasteiger partial charge < -0.3 is 20.5 Å². The predicted octanol–water partition coefficient (Wildman–Crippen LogP) is 0.696. The molecule has 110 valence electrons. The number of urea groups is 1. The Morgan fingerprint density at radius 3 is 2.43 bits per heavy atom. The second-order valence-corrected chi connectivity index (χ2v) is 3.96. The Bertz CT molecular complexity index is 576. The lowest BCUT2D eigenvalue weighted by atomic mass is 10.2. The highest BCUT2D eigenvalue weighted by atomic mass is 16.5. The van der Waals surface area contributed by atoms with Gasteiger partial charge in [-0.1, -0.05) is 0 Å². The van der Waals surface area contributed by atoms with Crippen molar-refractivity contribution >= 4 is 23.7 Å². The molecule has 0 saturated heterocycles. The van der Waals surface area contributed by atoms with Crippen LogP contribution in [-0.4, -0.2) is 36.2 Å². The zero-order valence-electron chi connectivity index (χ0n) is 11.1. The van der Waals surface area contributed by atoms with Crippen LogP contribution in [0, 0.1) is 11.3 Å². The average molecular weight is 291 g/mol. The minimum atomic E-state index is -1.39. The van der Waals surface area contributed by atoms with E-state index in [1.165, 1.54) is 24.3 Å². The second-order valence-electron chi connectivity index (χ2n) is 3.96. The van der Waals surface area contributed by atoms with Crippen LogP contribution < -0.4 is 10.6 Å². The van der Waals surface area contributed by atoms with Crippen molar-refractivity contribution in [2.45, 2.75) is 12.5 Å². The summed E-state index contributed by atoms with van der Waals surface area (Å²) in [5, 5.41) is 22.1. The summed E-state index contributed by atoms with van der Waals surface area (Å²) in [5.41, 5.74) is 0.809. The van der Waals surface area contributed by atoms with Crippen LogP contribution in [0.2, 0.25) is 0 Å². The van der Waals surface area contributed by atoms with Gasteiger partial charge in [0.25, 0.3) is 0 Å². The van der Waals surface area contributed by atoms with E-state index in [4.69, 9.17) is 10.4 Å². The molecule has 0 spiro atoms. The molecule has 3 N–H and O–H groups in total. The highest BCUT2D eigenvalue weighted by molar-refractivity contribution is 5.93. The SMILES string of the molecule is COC(=O)C[C@H](NC(=O)Nc1ccc(C#N)cc1)C(=O)O. The van der Waals surface area contributed by atoms with Crippen LogP contribution in [0.3, 0.4) is 0 Å². The van der Waals surface area contributed by atoms with E-state index >= 15 is 0 Å². The van der Waals surface area contributed by atoms with Gasteiger partial charge in [0.05, 0.1) is 25.2 Å². The summed E-state index contributed by atoms with van der Waals surface area (Å²) in [4.78, 5) is 33.6. The molecule has 1 atom stereocenters. The zero-order valence-corrected chi connectivity index (χ0v) is 11.1. The van der Waals surface area contributed by atoms with Crippen molar-refractivity contribution in [1.82, 2.24) is 5.32 Å². The number of anilines is 1. The maximum atomic E-state index is 11.6. The molecular weight excluding hydrogens is 278 g/mol. The van der Waals surface area contributed by atoms with Gasteiger partial charge in [0.15, 0.2) is 0 Å². The summed E-state index contributed by atoms with van der Waals surface area (Å²) in [7, 11) is 1.12. The Morgan fingerprint density at radius 2 is 1.95 bits per heavy atom. The van der Waals surface area contributed by atoms with E-state index in [1.54, 1.807) is 0 Å². The summed E-state index contributed by atoms with van der Waals surface area (Å²) in [6, 6.07) is 5.74. The van der Waals surface area contributed by atoms with Crippen molar-refractivity contribution in [3.05, 3.63) is 29.8 Å². The molecule has 0 fully saturated rings. The zero-order chi connectivity index (χ0) is 15.8. The molecule has 21 heavy (non-hydrogen) atoms. The fourth-order valence-electron chi connectivity index (χ4n) is 1.40. The molecule has 0 aliphatic carbocycles. The number of carboxylic acids is 1. The molecule has 0 heterocycles. The van der Waals surface area contributed by atoms with E-state index in [1.807, 2.05) is 6.07 Å². The third-order valence-corrected chi connectivity index (χ3v) is 2.47. The monoisotopic (exact) mass is 291 g/mol. The number of methoxy groups -OCH3 is 1. The molecule has 0 saturated carbocycles. The Morgan fingerprint density at radius 1 is 1.33 bits per heavy atom. The number of esters is 1. The maximum Gasteiger partial charge on any atom is 0.326 e. The van der Waals surface area contributed by atoms with E-state index < -0.39 is 30.4 Å². The standard InChI is InChI=1S/C13H13N3O5/c1-21-11(17)6-10(12(18)19)16-13(20)15-9-4-2-8(7-14)3-5-9/h2-5,10H,6H2,1H3,(H,18,19)(H2,15,16,20)/t10-/m0/s1. The molecule has 8 nitrogen and oxygen atoms in total. The average Bonchev–Trinajstić information content (AvgIpc) is 2.47. The normalized spacial score (nSPS) is 10.9. The van der Waals surface area contributed by atoms with Crippen LogP contribution in [0.4, 0.5) is 10.5 Å². The fraction of sp³-hybridized carbons (Fsp3) is 0.231. The van der Waals surface area contributed by atoms with Crippen molar-refractivity contribution in [2.24, 2.45) is 0 Å². The minimum Gasteiger partial charge on any atom is -0.480 e. The molecular formula is C13H13N3O5. The van der Waals surface area contributed by atoms with E-state index in [-0.39, 0.29) is 0 Å². The van der Waals surface area contributed by atoms with Crippen molar-refractivity contribution in [3.8, 4) is 6.07 Å². The number of amides is 2. The van der Waals surface area contributed by atoms with Gasteiger partial charge in [-0.3, -0.25) is 4.79 Å². The molecule has 1 rings (SSSR count). The van der Waals surface area contributed by atoms with E-state index in [9.17, 15) is 14.4 Å². The van der Waals surface area contributed by atoms with Gasteiger partial charge in [-0.15, -0.1) is 0 Å². The van der Waals surface area contributed by atoms with Gasteiger partial charge in [-0.25, -0.2) is 9.59 Å². The van der Waals surface area contributed by atoms with Crippen molar-refractivity contribution in [3.63, 3.8) is 0 Å². The van der Waals surface area contributed by atoms with Crippen LogP contribution in [0.5, 0.6) is 0 Å². The van der Waals surface area contributed by atoms with Crippen LogP contribution >= 0.6 is 0 Å². The fourth-order valence-corrected chi connectivity index (χ4v) is 1.40. The van der Waals surface area contributed by atoms with Crippen molar-refractivity contribution in [1.29, 1.82) is 5.26 Å². The lowest BCUT2D eigenvalue weighted by molar-refractivity contribution is -0.147. The van der Waals surface area contributed by atoms with Gasteiger partial charge >= 0.3 is 18.0 Å². The quantitative estimate of drug-likeness (QED) is 0.685. The molecule has 0 aromatic heterocycles. The van der Waals surface area contributed by atoms with E-state index in [0.29, 0.717) is 11.3 Å². The summed E-state index contributed by atoms with van der Waals surface area (Å²) < 4.78 is 4.35. The number of benzene rings is 1. The highest BCUT2D eigenvalue weighted by Crippen LogP contribution is 2.08. The summed E-state index contributed by atoms with van der Waals surface area (Å²) in [6.45, 7) is 0. The van der Waals surface area contributed by atoms with Gasteiger partial charge in [-0.2, -0.15) is 5.26 Å². The van der Waals surface area contributed by atoms with Gasteiger partial charge in [0.1, 0.15) is 6.04 Å². The summed E-state index contributed by atoms with van der Waals surface area (Å²) in [6.07, 6.45) is -0.480. The van der Waals surface area contributed by atoms with Crippen molar-refractivity contribution < 1.29 is 24.2 Å². The highest BCUT2D eigenvalue weighted by Gasteiger charge is 2.23. The number of carbonyl (C=O) groups excluding carboxylic acids is 2. The van der Waals surface area contributed by atoms with E-state index in [0.717, 1.165) is 7.11 Å². The number of carbonyl (C=O) groups is 3. The number of nitrogens with zero attached hydrogens (tertiary/aromatic N) is 1. The molecule has 0 bridgehead atoms. The topological polar surface area (TPSA) is 129 Å². The molecule has 8 heteroatoms. The molecule has 0 unspecified atom stereocenters. The molecule has 2 amide bonds. The molecule has 0 aliphatic heterocycles. The first kappa shape index (κ1) is 16.0. The van der Waals surface area contributed by atoms with Gasteiger partial charge in [0.2, 0.25) is 0 Å². The van der Waals surface area contributed by atoms with Gasteiger partial charge in [-0.05, 0) is 24.3 Å². The van der Waals surface area contributed by atoms with Crippen LogP contribution in [0.25, 0.3) is 0 Å². The summed E-state index contributed by atoms with van der Waals surface area (Å²) >= 11 is 0. The molecule has 0 radical (unpaired) electrons. The lowest BCUT2D eigenvalue weighted by Gasteiger charge is -2.14. The first-order valence-electron chi connectivity index (χ1n) is 5.83. The Kier molecular flexibility index (Phi) is 5.70. The first-order chi connectivity index (χ1) is 9.96. The smallest absolute Gasteiger partial charge is 0.326 e. The number of rotatable bonds is 5. The number of nitriles is 1. The maximum absolute atomic E-state index is 11.6. The Labute approximate surface area is 120 Å². The number of carboxylic acid groups (broad SMARTS) is 1. The first-order valence-corrected chi connectivity index (χ1v) is 5.83. The predicted molar refractivity (Wildman–Crippen MR) is 71.4 cm³/mol. The molecule has 0 aliphatic rings. The number of nitrogens with one attached hydrogen (secondary N) is 2. The number of aliphatic carboxylic acids is 1. The minimum absolute atomic E-state index is 0.383. The molecule has 1 aromatic rings. The Hall–Kier alpha value is -3.08. The molecule has 1 aromatic carbocycles. The largest absolute Gasteiger partial charge is 0.480 e. The van der Waals surface area contributed by atoms with Crippen molar-refractivity contribution in [2.75, 3.05) is 12.4 Å². The van der Waals surface area contributed by atoms with Crippen LogP contribution in [0.15, 0.2) is 24.3 Å². The Balaban J connectivity index is 2.63. The number of hydrogen-bond donors (Lipinski definition) is 3. The van der Waals surface area contributed by atoms with Crippen LogP contribution in [-0.2, 0) is 14.3 Å². The summed E-state index contributed by atoms with van der Waals surface area (Å²) in [5.74, 6) is -2.10. The lowest BCUT2D eigenvalue weighted by Crippen LogP contribution is -2.44. The second kappa shape index (κ2) is 7.49. The van der Waals surface area contributed by atoms with E-state index in [2.05, 4.69) is 15.4 Å². The third-order valence-electron chi connectivity index (χ3n) is 2.47.